The van der Waals surface area contributed by atoms with Gasteiger partial charge in [-0.3, -0.25) is 9.10 Å². The molecular formula is C22H22N4O3S. The lowest BCUT2D eigenvalue weighted by Crippen LogP contribution is -2.34. The summed E-state index contributed by atoms with van der Waals surface area (Å²) in [5.41, 5.74) is 4.28. The maximum atomic E-state index is 13.0. The van der Waals surface area contributed by atoms with Crippen molar-refractivity contribution in [1.82, 2.24) is 14.9 Å². The van der Waals surface area contributed by atoms with Gasteiger partial charge in [0.05, 0.1) is 11.4 Å². The summed E-state index contributed by atoms with van der Waals surface area (Å²) in [6.07, 6.45) is 7.20. The fourth-order valence-electron chi connectivity index (χ4n) is 4.23. The molecular weight excluding hydrogens is 400 g/mol. The summed E-state index contributed by atoms with van der Waals surface area (Å²) in [6.45, 7) is 1.60. The quantitative estimate of drug-likeness (QED) is 0.703. The molecule has 0 saturated carbocycles. The van der Waals surface area contributed by atoms with Gasteiger partial charge in [-0.15, -0.1) is 0 Å². The number of fused-ring (bicyclic) bond motifs is 1. The third-order valence-electron chi connectivity index (χ3n) is 5.77. The van der Waals surface area contributed by atoms with E-state index in [-0.39, 0.29) is 11.7 Å². The number of nitrogens with one attached hydrogen (secondary N) is 1. The number of rotatable bonds is 3. The molecule has 154 valence electrons. The van der Waals surface area contributed by atoms with Gasteiger partial charge < -0.3 is 9.88 Å². The van der Waals surface area contributed by atoms with Crippen LogP contribution in [0.2, 0.25) is 0 Å². The first-order valence-corrected chi connectivity index (χ1v) is 11.7. The molecule has 7 nitrogen and oxygen atoms in total. The zero-order valence-corrected chi connectivity index (χ0v) is 17.2. The number of aromatic nitrogens is 2. The fraction of sp³-hybridized carbons (Fsp3) is 0.273. The van der Waals surface area contributed by atoms with Gasteiger partial charge >= 0.3 is 0 Å². The molecule has 1 saturated heterocycles. The van der Waals surface area contributed by atoms with Crippen LogP contribution in [0.1, 0.15) is 28.8 Å². The van der Waals surface area contributed by atoms with Gasteiger partial charge in [-0.2, -0.15) is 0 Å². The molecule has 0 aliphatic carbocycles. The largest absolute Gasteiger partial charge is 0.346 e. The Hall–Kier alpha value is -3.13. The van der Waals surface area contributed by atoms with E-state index in [0.717, 1.165) is 23.0 Å². The third-order valence-corrected chi connectivity index (χ3v) is 7.64. The van der Waals surface area contributed by atoms with Gasteiger partial charge in [0.2, 0.25) is 10.0 Å². The van der Waals surface area contributed by atoms with Crippen molar-refractivity contribution < 1.29 is 13.2 Å². The first-order chi connectivity index (χ1) is 14.5. The molecule has 0 atom stereocenters. The first-order valence-electron chi connectivity index (χ1n) is 10.0. The lowest BCUT2D eigenvalue weighted by molar-refractivity contribution is 0.0773. The van der Waals surface area contributed by atoms with Crippen LogP contribution in [0.25, 0.3) is 16.6 Å². The van der Waals surface area contributed by atoms with E-state index in [1.54, 1.807) is 35.4 Å². The predicted molar refractivity (Wildman–Crippen MR) is 117 cm³/mol. The minimum absolute atomic E-state index is 0.0793. The minimum atomic E-state index is -3.27. The molecule has 0 unspecified atom stereocenters. The van der Waals surface area contributed by atoms with Crippen LogP contribution < -0.4 is 4.31 Å². The molecule has 3 aromatic rings. The highest BCUT2D eigenvalue weighted by molar-refractivity contribution is 7.93. The van der Waals surface area contributed by atoms with Crippen molar-refractivity contribution in [2.75, 3.05) is 29.7 Å². The zero-order valence-electron chi connectivity index (χ0n) is 16.4. The molecule has 1 aromatic carbocycles. The summed E-state index contributed by atoms with van der Waals surface area (Å²) < 4.78 is 25.8. The van der Waals surface area contributed by atoms with Gasteiger partial charge in [0, 0.05) is 48.5 Å². The summed E-state index contributed by atoms with van der Waals surface area (Å²) in [5.74, 6) is 0.0816. The van der Waals surface area contributed by atoms with Gasteiger partial charge in [0.1, 0.15) is 5.65 Å². The van der Waals surface area contributed by atoms with Gasteiger partial charge in [-0.1, -0.05) is 12.1 Å². The third kappa shape index (κ3) is 3.27. The predicted octanol–water partition coefficient (Wildman–Crippen LogP) is 3.03. The highest BCUT2D eigenvalue weighted by atomic mass is 32.2. The Labute approximate surface area is 175 Å². The van der Waals surface area contributed by atoms with Gasteiger partial charge in [-0.25, -0.2) is 13.4 Å². The number of hydrogen-bond donors (Lipinski definition) is 1. The van der Waals surface area contributed by atoms with E-state index in [0.29, 0.717) is 37.3 Å². The molecule has 1 amide bonds. The van der Waals surface area contributed by atoms with E-state index in [1.165, 1.54) is 9.88 Å². The number of hydrogen-bond acceptors (Lipinski definition) is 4. The number of H-pyrrole nitrogens is 1. The Morgan fingerprint density at radius 1 is 1.13 bits per heavy atom. The second-order valence-corrected chi connectivity index (χ2v) is 9.64. The molecule has 0 spiro atoms. The monoisotopic (exact) mass is 422 g/mol. The lowest BCUT2D eigenvalue weighted by atomic mass is 9.99. The second kappa shape index (κ2) is 7.28. The average Bonchev–Trinajstić information content (AvgIpc) is 3.36. The average molecular weight is 423 g/mol. The van der Waals surface area contributed by atoms with Crippen molar-refractivity contribution in [2.45, 2.75) is 12.8 Å². The van der Waals surface area contributed by atoms with Crippen LogP contribution >= 0.6 is 0 Å². The minimum Gasteiger partial charge on any atom is -0.346 e. The molecule has 1 fully saturated rings. The molecule has 2 aromatic heterocycles. The second-order valence-electron chi connectivity index (χ2n) is 7.62. The van der Waals surface area contributed by atoms with Crippen LogP contribution in [-0.4, -0.2) is 54.6 Å². The Morgan fingerprint density at radius 3 is 2.80 bits per heavy atom. The lowest BCUT2D eigenvalue weighted by Gasteiger charge is -2.27. The molecule has 2 aliphatic heterocycles. The number of carbonyl (C=O) groups excluding carboxylic acids is 1. The van der Waals surface area contributed by atoms with Crippen LogP contribution in [-0.2, 0) is 10.0 Å². The van der Waals surface area contributed by atoms with Gasteiger partial charge in [0.25, 0.3) is 5.91 Å². The number of pyridine rings is 1. The summed E-state index contributed by atoms with van der Waals surface area (Å²) in [5, 5.41) is 1.09. The van der Waals surface area contributed by atoms with Gasteiger partial charge in [-0.05, 0) is 48.7 Å². The summed E-state index contributed by atoms with van der Waals surface area (Å²) in [7, 11) is -3.27. The maximum absolute atomic E-state index is 13.0. The Balaban J connectivity index is 1.35. The first kappa shape index (κ1) is 18.9. The van der Waals surface area contributed by atoms with Crippen molar-refractivity contribution >= 4 is 38.2 Å². The highest BCUT2D eigenvalue weighted by Crippen LogP contribution is 2.29. The number of sulfonamides is 1. The summed E-state index contributed by atoms with van der Waals surface area (Å²) in [6, 6.07) is 10.9. The van der Waals surface area contributed by atoms with Crippen molar-refractivity contribution in [1.29, 1.82) is 0 Å². The van der Waals surface area contributed by atoms with Crippen LogP contribution in [0.4, 0.5) is 5.69 Å². The van der Waals surface area contributed by atoms with E-state index in [4.69, 9.17) is 0 Å². The molecule has 30 heavy (non-hydrogen) atoms. The number of benzene rings is 1. The number of amides is 1. The van der Waals surface area contributed by atoms with Crippen molar-refractivity contribution in [3.05, 3.63) is 66.0 Å². The Bertz CT molecular complexity index is 1260. The highest BCUT2D eigenvalue weighted by Gasteiger charge is 2.29. The number of carbonyl (C=O) groups is 1. The summed E-state index contributed by atoms with van der Waals surface area (Å²) in [4.78, 5) is 22.4. The Kier molecular flexibility index (Phi) is 4.58. The Morgan fingerprint density at radius 2 is 2.03 bits per heavy atom. The van der Waals surface area contributed by atoms with Crippen LogP contribution in [0.5, 0.6) is 0 Å². The molecule has 8 heteroatoms. The molecule has 0 bridgehead atoms. The standard InChI is InChI=1S/C22H22N4O3S/c27-22(17-4-1-5-18(14-17)26-10-3-13-30(26,28)29)25-11-7-16(8-12-25)20-15-24-21-19(20)6-2-9-23-21/h1-2,4-7,9,14-15H,3,8,10-13H2,(H,23,24). The maximum Gasteiger partial charge on any atom is 0.254 e. The normalized spacial score (nSPS) is 18.6. The molecule has 2 aliphatic rings. The van der Waals surface area contributed by atoms with Crippen LogP contribution in [0.3, 0.4) is 0 Å². The van der Waals surface area contributed by atoms with Crippen LogP contribution in [0.15, 0.2) is 54.9 Å². The number of nitrogens with zero attached hydrogens (tertiary/aromatic N) is 3. The van der Waals surface area contributed by atoms with E-state index in [2.05, 4.69) is 16.0 Å². The molecule has 0 radical (unpaired) electrons. The number of aromatic amines is 1. The van der Waals surface area contributed by atoms with E-state index >= 15 is 0 Å². The topological polar surface area (TPSA) is 86.4 Å². The smallest absolute Gasteiger partial charge is 0.254 e. The molecule has 4 heterocycles. The van der Waals surface area contributed by atoms with Crippen LogP contribution in [0, 0.1) is 0 Å². The summed E-state index contributed by atoms with van der Waals surface area (Å²) >= 11 is 0. The van der Waals surface area contributed by atoms with Gasteiger partial charge in [0.15, 0.2) is 0 Å². The SMILES string of the molecule is O=C(c1cccc(N2CCCS2(=O)=O)c1)N1CC=C(c2c[nH]c3ncccc23)CC1. The van der Waals surface area contributed by atoms with Crippen molar-refractivity contribution in [3.8, 4) is 0 Å². The molecule has 5 rings (SSSR count). The van der Waals surface area contributed by atoms with Crippen molar-refractivity contribution in [2.24, 2.45) is 0 Å². The van der Waals surface area contributed by atoms with E-state index in [9.17, 15) is 13.2 Å². The zero-order chi connectivity index (χ0) is 20.7. The number of anilines is 1. The van der Waals surface area contributed by atoms with Crippen molar-refractivity contribution in [3.63, 3.8) is 0 Å². The van der Waals surface area contributed by atoms with E-state index in [1.807, 2.05) is 18.3 Å². The molecule has 1 N–H and O–H groups in total. The van der Waals surface area contributed by atoms with E-state index < -0.39 is 10.0 Å². The fourth-order valence-corrected chi connectivity index (χ4v) is 5.78.